The maximum absolute atomic E-state index is 5.78. The van der Waals surface area contributed by atoms with Crippen LogP contribution in [0.1, 0.15) is 26.7 Å². The number of hydrogen-bond donors (Lipinski definition) is 2. The van der Waals surface area contributed by atoms with E-state index in [0.29, 0.717) is 13.2 Å². The van der Waals surface area contributed by atoms with Crippen molar-refractivity contribution in [3.63, 3.8) is 0 Å². The van der Waals surface area contributed by atoms with Crippen LogP contribution in [0.15, 0.2) is 0 Å². The minimum absolute atomic E-state index is 0.111. The van der Waals surface area contributed by atoms with Crippen LogP contribution in [0.2, 0.25) is 13.1 Å². The van der Waals surface area contributed by atoms with E-state index < -0.39 is 8.56 Å². The zero-order valence-electron chi connectivity index (χ0n) is 10.5. The molecule has 2 unspecified atom stereocenters. The van der Waals surface area contributed by atoms with E-state index in [1.807, 2.05) is 13.1 Å². The van der Waals surface area contributed by atoms with Crippen LogP contribution in [-0.4, -0.2) is 33.9 Å². The number of rotatable bonds is 8. The first-order valence-corrected chi connectivity index (χ1v) is 8.52. The van der Waals surface area contributed by atoms with Crippen LogP contribution in [0.25, 0.3) is 0 Å². The molecular weight excluding hydrogens is 208 g/mol. The Bertz CT molecular complexity index is 152. The van der Waals surface area contributed by atoms with Gasteiger partial charge in [-0.15, -0.1) is 0 Å². The summed E-state index contributed by atoms with van der Waals surface area (Å²) in [7, 11) is -2.02. The Morgan fingerprint density at radius 2 is 1.27 bits per heavy atom. The van der Waals surface area contributed by atoms with Gasteiger partial charge in [0.05, 0.1) is 13.2 Å². The Balaban J connectivity index is 3.75. The van der Waals surface area contributed by atoms with Crippen LogP contribution in [-0.2, 0) is 8.85 Å². The summed E-state index contributed by atoms with van der Waals surface area (Å²) < 4.78 is 11.4. The van der Waals surface area contributed by atoms with Gasteiger partial charge in [-0.05, 0) is 25.9 Å². The molecule has 0 amide bonds. The quantitative estimate of drug-likeness (QED) is 0.619. The van der Waals surface area contributed by atoms with Crippen molar-refractivity contribution < 1.29 is 8.85 Å². The molecule has 4 N–H and O–H groups in total. The first kappa shape index (κ1) is 15.1. The van der Waals surface area contributed by atoms with Crippen molar-refractivity contribution in [1.82, 2.24) is 0 Å². The topological polar surface area (TPSA) is 70.5 Å². The van der Waals surface area contributed by atoms with E-state index in [0.717, 1.165) is 12.8 Å². The van der Waals surface area contributed by atoms with Gasteiger partial charge in [-0.3, -0.25) is 0 Å². The Morgan fingerprint density at radius 1 is 0.933 bits per heavy atom. The minimum atomic E-state index is -2.02. The lowest BCUT2D eigenvalue weighted by molar-refractivity contribution is 0.160. The molecule has 0 heterocycles. The predicted octanol–water partition coefficient (Wildman–Crippen LogP) is 1.20. The van der Waals surface area contributed by atoms with Gasteiger partial charge in [0.1, 0.15) is 0 Å². The first-order valence-electron chi connectivity index (χ1n) is 5.70. The van der Waals surface area contributed by atoms with Crippen LogP contribution in [0.4, 0.5) is 0 Å². The van der Waals surface area contributed by atoms with Gasteiger partial charge in [0.2, 0.25) is 0 Å². The first-order chi connectivity index (χ1) is 6.91. The SMILES string of the molecule is CCC(N)CO[Si](C)(C)OCC(N)CC. The molecule has 5 heteroatoms. The monoisotopic (exact) mass is 234 g/mol. The fourth-order valence-electron chi connectivity index (χ4n) is 0.893. The van der Waals surface area contributed by atoms with E-state index in [1.165, 1.54) is 0 Å². The molecule has 15 heavy (non-hydrogen) atoms. The molecule has 0 aromatic carbocycles. The maximum atomic E-state index is 5.78. The molecule has 0 aromatic heterocycles. The van der Waals surface area contributed by atoms with Crippen molar-refractivity contribution in [2.24, 2.45) is 11.5 Å². The normalized spacial score (nSPS) is 16.4. The van der Waals surface area contributed by atoms with Gasteiger partial charge < -0.3 is 20.3 Å². The molecule has 2 atom stereocenters. The van der Waals surface area contributed by atoms with Gasteiger partial charge >= 0.3 is 8.56 Å². The van der Waals surface area contributed by atoms with Crippen molar-refractivity contribution in [3.8, 4) is 0 Å². The fourth-order valence-corrected chi connectivity index (χ4v) is 2.21. The molecule has 0 bridgehead atoms. The van der Waals surface area contributed by atoms with E-state index in [-0.39, 0.29) is 12.1 Å². The Labute approximate surface area is 94.6 Å². The molecule has 0 aliphatic rings. The summed E-state index contributed by atoms with van der Waals surface area (Å²) in [4.78, 5) is 0. The Kier molecular flexibility index (Phi) is 7.38. The lowest BCUT2D eigenvalue weighted by atomic mass is 10.3. The Hall–Kier alpha value is 0.0569. The third-order valence-electron chi connectivity index (χ3n) is 2.34. The zero-order chi connectivity index (χ0) is 11.9. The van der Waals surface area contributed by atoms with Gasteiger partial charge in [0.25, 0.3) is 0 Å². The second-order valence-electron chi connectivity index (χ2n) is 4.36. The maximum Gasteiger partial charge on any atom is 0.331 e. The molecule has 0 aliphatic heterocycles. The molecule has 0 saturated carbocycles. The highest BCUT2D eigenvalue weighted by Gasteiger charge is 2.25. The van der Waals surface area contributed by atoms with E-state index in [2.05, 4.69) is 13.8 Å². The highest BCUT2D eigenvalue weighted by molar-refractivity contribution is 6.64. The van der Waals surface area contributed by atoms with Crippen LogP contribution < -0.4 is 11.5 Å². The molecule has 0 spiro atoms. The Morgan fingerprint density at radius 3 is 1.53 bits per heavy atom. The van der Waals surface area contributed by atoms with E-state index >= 15 is 0 Å². The van der Waals surface area contributed by atoms with Crippen molar-refractivity contribution in [2.75, 3.05) is 13.2 Å². The highest BCUT2D eigenvalue weighted by Crippen LogP contribution is 2.08. The summed E-state index contributed by atoms with van der Waals surface area (Å²) in [6.45, 7) is 9.32. The predicted molar refractivity (Wildman–Crippen MR) is 65.9 cm³/mol. The molecule has 92 valence electrons. The zero-order valence-corrected chi connectivity index (χ0v) is 11.5. The largest absolute Gasteiger partial charge is 0.393 e. The van der Waals surface area contributed by atoms with Gasteiger partial charge in [-0.2, -0.15) is 0 Å². The van der Waals surface area contributed by atoms with Crippen LogP contribution >= 0.6 is 0 Å². The highest BCUT2D eigenvalue weighted by atomic mass is 28.4. The second kappa shape index (κ2) is 7.35. The third kappa shape index (κ3) is 7.93. The van der Waals surface area contributed by atoms with Gasteiger partial charge in [-0.1, -0.05) is 13.8 Å². The summed E-state index contributed by atoms with van der Waals surface area (Å²) in [5.41, 5.74) is 11.6. The molecular formula is C10H26N2O2Si. The second-order valence-corrected chi connectivity index (χ2v) is 7.74. The summed E-state index contributed by atoms with van der Waals surface area (Å²) in [6.07, 6.45) is 1.86. The number of nitrogens with two attached hydrogens (primary N) is 2. The molecule has 4 nitrogen and oxygen atoms in total. The van der Waals surface area contributed by atoms with E-state index in [1.54, 1.807) is 0 Å². The standard InChI is InChI=1S/C10H26N2O2Si/c1-5-9(11)7-13-15(3,4)14-8-10(12)6-2/h9-10H,5-8,11-12H2,1-4H3. The molecule has 0 aliphatic carbocycles. The summed E-state index contributed by atoms with van der Waals surface area (Å²) in [5, 5.41) is 0. The molecule has 0 fully saturated rings. The average molecular weight is 234 g/mol. The third-order valence-corrected chi connectivity index (χ3v) is 4.06. The van der Waals surface area contributed by atoms with Gasteiger partial charge in [-0.25, -0.2) is 0 Å². The lowest BCUT2D eigenvalue weighted by Crippen LogP contribution is -2.42. The number of hydrogen-bond acceptors (Lipinski definition) is 4. The molecule has 0 saturated heterocycles. The molecule has 0 rings (SSSR count). The van der Waals surface area contributed by atoms with E-state index in [9.17, 15) is 0 Å². The van der Waals surface area contributed by atoms with Crippen molar-refractivity contribution in [3.05, 3.63) is 0 Å². The lowest BCUT2D eigenvalue weighted by Gasteiger charge is -2.25. The molecule has 0 aromatic rings. The van der Waals surface area contributed by atoms with Crippen LogP contribution in [0.3, 0.4) is 0 Å². The van der Waals surface area contributed by atoms with Crippen molar-refractivity contribution in [2.45, 2.75) is 51.9 Å². The van der Waals surface area contributed by atoms with E-state index in [4.69, 9.17) is 20.3 Å². The van der Waals surface area contributed by atoms with Crippen molar-refractivity contribution in [1.29, 1.82) is 0 Å². The smallest absolute Gasteiger partial charge is 0.331 e. The van der Waals surface area contributed by atoms with Gasteiger partial charge in [0.15, 0.2) is 0 Å². The van der Waals surface area contributed by atoms with Gasteiger partial charge in [0, 0.05) is 12.1 Å². The fraction of sp³-hybridized carbons (Fsp3) is 1.00. The summed E-state index contributed by atoms with van der Waals surface area (Å²) in [5.74, 6) is 0. The minimum Gasteiger partial charge on any atom is -0.393 e. The molecule has 0 radical (unpaired) electrons. The summed E-state index contributed by atoms with van der Waals surface area (Å²) in [6, 6.07) is 0.223. The van der Waals surface area contributed by atoms with Crippen LogP contribution in [0.5, 0.6) is 0 Å². The van der Waals surface area contributed by atoms with Crippen molar-refractivity contribution >= 4 is 8.56 Å². The van der Waals surface area contributed by atoms with Crippen LogP contribution in [0, 0.1) is 0 Å². The average Bonchev–Trinajstić information content (AvgIpc) is 2.22. The summed E-state index contributed by atoms with van der Waals surface area (Å²) >= 11 is 0.